The summed E-state index contributed by atoms with van der Waals surface area (Å²) in [5.74, 6) is -0.276. The van der Waals surface area contributed by atoms with Gasteiger partial charge in [-0.05, 0) is 31.4 Å². The van der Waals surface area contributed by atoms with E-state index < -0.39 is 12.1 Å². The predicted octanol–water partition coefficient (Wildman–Crippen LogP) is 3.40. The van der Waals surface area contributed by atoms with E-state index >= 15 is 0 Å². The molecule has 6 heteroatoms. The lowest BCUT2D eigenvalue weighted by Crippen LogP contribution is -2.50. The third-order valence-electron chi connectivity index (χ3n) is 3.23. The van der Waals surface area contributed by atoms with Gasteiger partial charge in [0.1, 0.15) is 6.04 Å². The van der Waals surface area contributed by atoms with Crippen molar-refractivity contribution in [2.75, 3.05) is 6.61 Å². The summed E-state index contributed by atoms with van der Waals surface area (Å²) in [6, 6.07) is 6.89. The molecular weight excluding hydrogens is 348 g/mol. The lowest BCUT2D eigenvalue weighted by atomic mass is 10.0. The highest BCUT2D eigenvalue weighted by Crippen LogP contribution is 2.22. The molecule has 2 N–H and O–H groups in total. The predicted molar refractivity (Wildman–Crippen MR) is 89.5 cm³/mol. The third kappa shape index (κ3) is 5.33. The van der Waals surface area contributed by atoms with E-state index in [1.54, 1.807) is 6.92 Å². The van der Waals surface area contributed by atoms with E-state index in [4.69, 9.17) is 4.74 Å². The van der Waals surface area contributed by atoms with Crippen LogP contribution in [0.25, 0.3) is 0 Å². The molecule has 2 amide bonds. The maximum Gasteiger partial charge on any atom is 0.407 e. The van der Waals surface area contributed by atoms with Crippen molar-refractivity contribution < 1.29 is 14.3 Å². The number of carbonyl (C=O) groups excluding carboxylic acids is 2. The summed E-state index contributed by atoms with van der Waals surface area (Å²) in [5, 5.41) is 5.53. The van der Waals surface area contributed by atoms with E-state index in [0.717, 1.165) is 10.0 Å². The standard InChI is InChI=1S/C16H23BrN2O3/c1-5-22-16(21)19-14(10(2)3)15(20)18-11(4)12-8-6-7-9-13(12)17/h6-11,14H,5H2,1-4H3,(H,18,20)(H,19,21)/t11-,14+/m0/s1. The van der Waals surface area contributed by atoms with Gasteiger partial charge in [0.15, 0.2) is 0 Å². The second-order valence-electron chi connectivity index (χ2n) is 5.34. The summed E-state index contributed by atoms with van der Waals surface area (Å²) >= 11 is 3.47. The van der Waals surface area contributed by atoms with Crippen LogP contribution < -0.4 is 10.6 Å². The summed E-state index contributed by atoms with van der Waals surface area (Å²) in [7, 11) is 0. The first kappa shape index (κ1) is 18.5. The fourth-order valence-electron chi connectivity index (χ4n) is 2.04. The van der Waals surface area contributed by atoms with Gasteiger partial charge in [-0.3, -0.25) is 4.79 Å². The van der Waals surface area contributed by atoms with E-state index in [0.29, 0.717) is 0 Å². The summed E-state index contributed by atoms with van der Waals surface area (Å²) in [4.78, 5) is 24.0. The first-order valence-electron chi connectivity index (χ1n) is 7.34. The van der Waals surface area contributed by atoms with E-state index in [2.05, 4.69) is 26.6 Å². The molecule has 0 aliphatic heterocycles. The highest BCUT2D eigenvalue weighted by Gasteiger charge is 2.26. The zero-order valence-electron chi connectivity index (χ0n) is 13.4. The number of ether oxygens (including phenoxy) is 1. The van der Waals surface area contributed by atoms with Crippen molar-refractivity contribution in [3.63, 3.8) is 0 Å². The van der Waals surface area contributed by atoms with Crippen LogP contribution in [0, 0.1) is 5.92 Å². The zero-order chi connectivity index (χ0) is 16.7. The molecule has 0 aromatic heterocycles. The molecule has 0 bridgehead atoms. The number of nitrogens with one attached hydrogen (secondary N) is 2. The number of hydrogen-bond donors (Lipinski definition) is 2. The van der Waals surface area contributed by atoms with Gasteiger partial charge in [-0.1, -0.05) is 48.0 Å². The Hall–Kier alpha value is -1.56. The molecule has 0 heterocycles. The number of rotatable bonds is 6. The Labute approximate surface area is 139 Å². The van der Waals surface area contributed by atoms with Gasteiger partial charge in [-0.15, -0.1) is 0 Å². The molecule has 1 aromatic rings. The maximum absolute atomic E-state index is 12.4. The lowest BCUT2D eigenvalue weighted by molar-refractivity contribution is -0.124. The first-order valence-corrected chi connectivity index (χ1v) is 8.14. The molecule has 0 spiro atoms. The number of carbonyl (C=O) groups is 2. The quantitative estimate of drug-likeness (QED) is 0.806. The van der Waals surface area contributed by atoms with Crippen LogP contribution in [0.1, 0.15) is 39.3 Å². The van der Waals surface area contributed by atoms with Crippen molar-refractivity contribution in [2.45, 2.75) is 39.8 Å². The largest absolute Gasteiger partial charge is 0.450 e. The van der Waals surface area contributed by atoms with Crippen molar-refractivity contribution >= 4 is 27.9 Å². The molecule has 0 unspecified atom stereocenters. The third-order valence-corrected chi connectivity index (χ3v) is 3.95. The highest BCUT2D eigenvalue weighted by atomic mass is 79.9. The fraction of sp³-hybridized carbons (Fsp3) is 0.500. The van der Waals surface area contributed by atoms with Crippen LogP contribution in [0.2, 0.25) is 0 Å². The molecule has 0 aliphatic carbocycles. The van der Waals surface area contributed by atoms with E-state index in [1.165, 1.54) is 0 Å². The van der Waals surface area contributed by atoms with Gasteiger partial charge in [0, 0.05) is 4.47 Å². The number of hydrogen-bond acceptors (Lipinski definition) is 3. The topological polar surface area (TPSA) is 67.4 Å². The molecular formula is C16H23BrN2O3. The van der Waals surface area contributed by atoms with Crippen LogP contribution in [-0.4, -0.2) is 24.6 Å². The summed E-state index contributed by atoms with van der Waals surface area (Å²) < 4.78 is 5.78. The van der Waals surface area contributed by atoms with Gasteiger partial charge in [0.2, 0.25) is 5.91 Å². The molecule has 0 saturated heterocycles. The van der Waals surface area contributed by atoms with Crippen molar-refractivity contribution in [2.24, 2.45) is 5.92 Å². The van der Waals surface area contributed by atoms with Crippen LogP contribution in [0.3, 0.4) is 0 Å². The number of amides is 2. The Morgan fingerprint density at radius 3 is 2.36 bits per heavy atom. The summed E-state index contributed by atoms with van der Waals surface area (Å²) in [6.07, 6.45) is -0.579. The molecule has 5 nitrogen and oxygen atoms in total. The second-order valence-corrected chi connectivity index (χ2v) is 6.19. The van der Waals surface area contributed by atoms with E-state index in [9.17, 15) is 9.59 Å². The van der Waals surface area contributed by atoms with Crippen molar-refractivity contribution in [3.05, 3.63) is 34.3 Å². The monoisotopic (exact) mass is 370 g/mol. The van der Waals surface area contributed by atoms with Gasteiger partial charge in [0.05, 0.1) is 12.6 Å². The minimum atomic E-state index is -0.635. The molecule has 22 heavy (non-hydrogen) atoms. The zero-order valence-corrected chi connectivity index (χ0v) is 14.9. The Morgan fingerprint density at radius 1 is 1.18 bits per heavy atom. The Morgan fingerprint density at radius 2 is 1.82 bits per heavy atom. The van der Waals surface area contributed by atoms with E-state index in [-0.39, 0.29) is 24.5 Å². The van der Waals surface area contributed by atoms with Crippen LogP contribution in [0.4, 0.5) is 4.79 Å². The van der Waals surface area contributed by atoms with Gasteiger partial charge in [-0.25, -0.2) is 4.79 Å². The highest BCUT2D eigenvalue weighted by molar-refractivity contribution is 9.10. The average molecular weight is 371 g/mol. The van der Waals surface area contributed by atoms with Crippen LogP contribution >= 0.6 is 15.9 Å². The first-order chi connectivity index (χ1) is 10.4. The number of alkyl carbamates (subject to hydrolysis) is 1. The van der Waals surface area contributed by atoms with Crippen molar-refractivity contribution in [1.29, 1.82) is 0 Å². The Bertz CT molecular complexity index is 520. The van der Waals surface area contributed by atoms with Gasteiger partial charge in [-0.2, -0.15) is 0 Å². The summed E-state index contributed by atoms with van der Waals surface area (Å²) in [6.45, 7) is 7.64. The lowest BCUT2D eigenvalue weighted by Gasteiger charge is -2.24. The second kappa shape index (κ2) is 8.78. The average Bonchev–Trinajstić information content (AvgIpc) is 2.44. The van der Waals surface area contributed by atoms with Crippen LogP contribution in [0.5, 0.6) is 0 Å². The Kier molecular flexibility index (Phi) is 7.38. The minimum absolute atomic E-state index is 0.0455. The van der Waals surface area contributed by atoms with Crippen LogP contribution in [0.15, 0.2) is 28.7 Å². The summed E-state index contributed by atoms with van der Waals surface area (Å²) in [5.41, 5.74) is 0.981. The molecule has 1 rings (SSSR count). The molecule has 0 fully saturated rings. The molecule has 122 valence electrons. The minimum Gasteiger partial charge on any atom is -0.450 e. The van der Waals surface area contributed by atoms with Crippen molar-refractivity contribution in [1.82, 2.24) is 10.6 Å². The SMILES string of the molecule is CCOC(=O)N[C@@H](C(=O)N[C@@H](C)c1ccccc1Br)C(C)C. The fourth-order valence-corrected chi connectivity index (χ4v) is 2.67. The molecule has 1 aromatic carbocycles. The normalized spacial score (nSPS) is 13.4. The van der Waals surface area contributed by atoms with Gasteiger partial charge >= 0.3 is 6.09 Å². The van der Waals surface area contributed by atoms with E-state index in [1.807, 2.05) is 45.0 Å². The van der Waals surface area contributed by atoms with Crippen LogP contribution in [-0.2, 0) is 9.53 Å². The van der Waals surface area contributed by atoms with Gasteiger partial charge in [0.25, 0.3) is 0 Å². The molecule has 0 radical (unpaired) electrons. The number of benzene rings is 1. The number of halogens is 1. The van der Waals surface area contributed by atoms with Crippen molar-refractivity contribution in [3.8, 4) is 0 Å². The molecule has 0 saturated carbocycles. The molecule has 2 atom stereocenters. The van der Waals surface area contributed by atoms with Gasteiger partial charge < -0.3 is 15.4 Å². The maximum atomic E-state index is 12.4. The smallest absolute Gasteiger partial charge is 0.407 e. The Balaban J connectivity index is 2.75. The molecule has 0 aliphatic rings.